The van der Waals surface area contributed by atoms with Crippen molar-refractivity contribution in [3.8, 4) is 0 Å². The molecule has 0 bridgehead atoms. The van der Waals surface area contributed by atoms with Crippen LogP contribution in [0.3, 0.4) is 0 Å². The van der Waals surface area contributed by atoms with E-state index in [9.17, 15) is 9.59 Å². The van der Waals surface area contributed by atoms with Crippen molar-refractivity contribution in [2.75, 3.05) is 19.7 Å². The number of nitrogens with zero attached hydrogens (tertiary/aromatic N) is 1. The minimum Gasteiger partial charge on any atom is -0.370 e. The van der Waals surface area contributed by atoms with Gasteiger partial charge in [0.1, 0.15) is 12.1 Å². The monoisotopic (exact) mass is 338 g/mol. The van der Waals surface area contributed by atoms with E-state index in [1.807, 2.05) is 38.1 Å². The normalized spacial score (nSPS) is 19.5. The van der Waals surface area contributed by atoms with E-state index in [2.05, 4.69) is 5.32 Å². The number of amides is 2. The summed E-state index contributed by atoms with van der Waals surface area (Å²) in [6.07, 6.45) is -0.244. The van der Waals surface area contributed by atoms with Gasteiger partial charge in [-0.15, -0.1) is 0 Å². The largest absolute Gasteiger partial charge is 0.370 e. The van der Waals surface area contributed by atoms with Crippen LogP contribution in [0.4, 0.5) is 0 Å². The van der Waals surface area contributed by atoms with Crippen molar-refractivity contribution >= 4 is 23.4 Å². The van der Waals surface area contributed by atoms with Gasteiger partial charge >= 0.3 is 0 Å². The molecule has 1 saturated heterocycles. The van der Waals surface area contributed by atoms with Gasteiger partial charge in [0.15, 0.2) is 0 Å². The van der Waals surface area contributed by atoms with Crippen molar-refractivity contribution in [2.24, 2.45) is 5.92 Å². The summed E-state index contributed by atoms with van der Waals surface area (Å²) in [5.41, 5.74) is 0.882. The number of hydrogen-bond donors (Lipinski definition) is 1. The summed E-state index contributed by atoms with van der Waals surface area (Å²) in [5, 5.41) is 3.38. The number of benzene rings is 1. The molecule has 5 nitrogen and oxygen atoms in total. The summed E-state index contributed by atoms with van der Waals surface area (Å²) >= 11 is 6.23. The Balaban J connectivity index is 2.12. The third-order valence-corrected chi connectivity index (χ3v) is 4.27. The third kappa shape index (κ3) is 4.45. The van der Waals surface area contributed by atoms with Gasteiger partial charge in [-0.25, -0.2) is 0 Å². The van der Waals surface area contributed by atoms with Gasteiger partial charge < -0.3 is 15.0 Å². The Labute approximate surface area is 141 Å². The van der Waals surface area contributed by atoms with Gasteiger partial charge in [-0.2, -0.15) is 0 Å². The average Bonchev–Trinajstić information content (AvgIpc) is 2.52. The molecule has 23 heavy (non-hydrogen) atoms. The topological polar surface area (TPSA) is 58.6 Å². The molecule has 0 saturated carbocycles. The fourth-order valence-corrected chi connectivity index (χ4v) is 2.96. The zero-order chi connectivity index (χ0) is 17.0. The summed E-state index contributed by atoms with van der Waals surface area (Å²) < 4.78 is 5.78. The molecule has 1 aromatic rings. The Morgan fingerprint density at radius 1 is 1.35 bits per heavy atom. The van der Waals surface area contributed by atoms with Crippen LogP contribution in [-0.2, 0) is 14.3 Å². The van der Waals surface area contributed by atoms with Crippen molar-refractivity contribution in [3.63, 3.8) is 0 Å². The third-order valence-electron chi connectivity index (χ3n) is 3.92. The fraction of sp³-hybridized carbons (Fsp3) is 0.529. The second kappa shape index (κ2) is 7.79. The number of halogens is 1. The minimum absolute atomic E-state index is 0.0213. The molecular formula is C17H23ClN2O3. The summed E-state index contributed by atoms with van der Waals surface area (Å²) in [4.78, 5) is 25.9. The van der Waals surface area contributed by atoms with Crippen LogP contribution in [0.5, 0.6) is 0 Å². The number of carbonyl (C=O) groups is 2. The standard InChI is InChI=1S/C17H23ClN2O3/c1-11(2)16(19-12(3)21)17(22)20-8-9-23-15(10-20)13-6-4-5-7-14(13)18/h4-7,11,15-16H,8-10H2,1-3H3,(H,19,21)/t15-,16+/m1/s1. The van der Waals surface area contributed by atoms with Crippen molar-refractivity contribution in [1.29, 1.82) is 0 Å². The molecule has 1 aromatic carbocycles. The van der Waals surface area contributed by atoms with Crippen LogP contribution < -0.4 is 5.32 Å². The molecule has 1 fully saturated rings. The molecule has 126 valence electrons. The van der Waals surface area contributed by atoms with Gasteiger partial charge in [-0.3, -0.25) is 9.59 Å². The zero-order valence-corrected chi connectivity index (χ0v) is 14.5. The van der Waals surface area contributed by atoms with Gasteiger partial charge in [0.2, 0.25) is 11.8 Å². The van der Waals surface area contributed by atoms with E-state index >= 15 is 0 Å². The van der Waals surface area contributed by atoms with Crippen LogP contribution in [0.25, 0.3) is 0 Å². The van der Waals surface area contributed by atoms with Crippen LogP contribution >= 0.6 is 11.6 Å². The van der Waals surface area contributed by atoms with Crippen molar-refractivity contribution in [2.45, 2.75) is 32.9 Å². The van der Waals surface area contributed by atoms with E-state index in [-0.39, 0.29) is 23.8 Å². The van der Waals surface area contributed by atoms with E-state index in [0.717, 1.165) is 5.56 Å². The van der Waals surface area contributed by atoms with Gasteiger partial charge in [0.25, 0.3) is 0 Å². The Morgan fingerprint density at radius 3 is 2.65 bits per heavy atom. The lowest BCUT2D eigenvalue weighted by molar-refractivity contribution is -0.144. The highest BCUT2D eigenvalue weighted by Gasteiger charge is 2.32. The smallest absolute Gasteiger partial charge is 0.245 e. The van der Waals surface area contributed by atoms with Gasteiger partial charge in [0.05, 0.1) is 13.2 Å². The molecule has 2 atom stereocenters. The number of rotatable bonds is 4. The number of nitrogens with one attached hydrogen (secondary N) is 1. The summed E-state index contributed by atoms with van der Waals surface area (Å²) in [6, 6.07) is 6.98. The van der Waals surface area contributed by atoms with E-state index in [0.29, 0.717) is 24.7 Å². The molecular weight excluding hydrogens is 316 g/mol. The van der Waals surface area contributed by atoms with Crippen LogP contribution in [0.15, 0.2) is 24.3 Å². The Morgan fingerprint density at radius 2 is 2.04 bits per heavy atom. The summed E-state index contributed by atoms with van der Waals surface area (Å²) in [6.45, 7) is 6.67. The van der Waals surface area contributed by atoms with E-state index in [1.54, 1.807) is 4.90 Å². The zero-order valence-electron chi connectivity index (χ0n) is 13.7. The minimum atomic E-state index is -0.516. The predicted octanol–water partition coefficient (Wildman–Crippen LogP) is 2.40. The van der Waals surface area contributed by atoms with Crippen LogP contribution in [-0.4, -0.2) is 42.5 Å². The fourth-order valence-electron chi connectivity index (χ4n) is 2.70. The van der Waals surface area contributed by atoms with E-state index in [4.69, 9.17) is 16.3 Å². The molecule has 0 spiro atoms. The van der Waals surface area contributed by atoms with Gasteiger partial charge in [-0.1, -0.05) is 43.6 Å². The van der Waals surface area contributed by atoms with Crippen molar-refractivity contribution < 1.29 is 14.3 Å². The first-order valence-electron chi connectivity index (χ1n) is 7.82. The lowest BCUT2D eigenvalue weighted by Crippen LogP contribution is -2.53. The van der Waals surface area contributed by atoms with Crippen LogP contribution in [0, 0.1) is 5.92 Å². The molecule has 1 aliphatic heterocycles. The maximum absolute atomic E-state index is 12.8. The highest BCUT2D eigenvalue weighted by atomic mass is 35.5. The SMILES string of the molecule is CC(=O)N[C@H](C(=O)N1CCO[C@@H](c2ccccc2Cl)C1)C(C)C. The Kier molecular flexibility index (Phi) is 6.02. The first-order valence-corrected chi connectivity index (χ1v) is 8.20. The van der Waals surface area contributed by atoms with Crippen LogP contribution in [0.2, 0.25) is 5.02 Å². The van der Waals surface area contributed by atoms with Crippen molar-refractivity contribution in [3.05, 3.63) is 34.9 Å². The molecule has 1 aliphatic rings. The highest BCUT2D eigenvalue weighted by molar-refractivity contribution is 6.31. The van der Waals surface area contributed by atoms with Crippen molar-refractivity contribution in [1.82, 2.24) is 10.2 Å². The van der Waals surface area contributed by atoms with Crippen LogP contribution in [0.1, 0.15) is 32.4 Å². The maximum Gasteiger partial charge on any atom is 0.245 e. The summed E-state index contributed by atoms with van der Waals surface area (Å²) in [7, 11) is 0. The number of hydrogen-bond acceptors (Lipinski definition) is 3. The molecule has 0 radical (unpaired) electrons. The average molecular weight is 339 g/mol. The van der Waals surface area contributed by atoms with Gasteiger partial charge in [-0.05, 0) is 12.0 Å². The number of ether oxygens (including phenoxy) is 1. The quantitative estimate of drug-likeness (QED) is 0.917. The maximum atomic E-state index is 12.8. The predicted molar refractivity (Wildman–Crippen MR) is 89.2 cm³/mol. The van der Waals surface area contributed by atoms with Gasteiger partial charge in [0, 0.05) is 24.1 Å². The molecule has 2 amide bonds. The molecule has 1 N–H and O–H groups in total. The second-order valence-electron chi connectivity index (χ2n) is 6.09. The Bertz CT molecular complexity index is 577. The lowest BCUT2D eigenvalue weighted by atomic mass is 10.0. The number of morpholine rings is 1. The molecule has 6 heteroatoms. The highest BCUT2D eigenvalue weighted by Crippen LogP contribution is 2.28. The summed E-state index contributed by atoms with van der Waals surface area (Å²) in [5.74, 6) is -0.253. The molecule has 2 rings (SSSR count). The molecule has 1 heterocycles. The number of carbonyl (C=O) groups excluding carboxylic acids is 2. The second-order valence-corrected chi connectivity index (χ2v) is 6.49. The molecule has 0 unspecified atom stereocenters. The molecule has 0 aliphatic carbocycles. The lowest BCUT2D eigenvalue weighted by Gasteiger charge is -2.36. The first kappa shape index (κ1) is 17.8. The Hall–Kier alpha value is -1.59. The molecule has 0 aromatic heterocycles. The first-order chi connectivity index (χ1) is 10.9. The van der Waals surface area contributed by atoms with E-state index in [1.165, 1.54) is 6.92 Å². The van der Waals surface area contributed by atoms with E-state index < -0.39 is 6.04 Å².